The van der Waals surface area contributed by atoms with E-state index < -0.39 is 17.6 Å². The largest absolute Gasteiger partial charge is 0.504 e. The molecule has 0 aliphatic carbocycles. The van der Waals surface area contributed by atoms with Crippen LogP contribution in [0.1, 0.15) is 27.5 Å². The number of H-pyrrole nitrogens is 1. The molecule has 0 aliphatic rings. The topological polar surface area (TPSA) is 105 Å². The number of rotatable bonds is 5. The molecule has 8 heteroatoms. The third-order valence-corrected chi connectivity index (χ3v) is 3.07. The van der Waals surface area contributed by atoms with E-state index in [2.05, 4.69) is 20.2 Å². The van der Waals surface area contributed by atoms with Gasteiger partial charge in [-0.2, -0.15) is 9.49 Å². The third-order valence-electron chi connectivity index (χ3n) is 3.07. The lowest BCUT2D eigenvalue weighted by Crippen LogP contribution is -2.00. The number of nitrogens with zero attached hydrogens (tertiary/aromatic N) is 3. The molecule has 3 rings (SSSR count). The van der Waals surface area contributed by atoms with Crippen molar-refractivity contribution >= 4 is 11.5 Å². The molecular weight excluding hydrogens is 303 g/mol. The number of aliphatic hydroxyl groups is 1. The van der Waals surface area contributed by atoms with Crippen LogP contribution in [-0.2, 0) is 6.42 Å². The minimum atomic E-state index is -0.872. The van der Waals surface area contributed by atoms with Crippen LogP contribution in [0.3, 0.4) is 0 Å². The van der Waals surface area contributed by atoms with Crippen molar-refractivity contribution in [1.29, 1.82) is 0 Å². The number of aliphatic hydroxyl groups excluding tert-OH is 1. The van der Waals surface area contributed by atoms with Crippen molar-refractivity contribution in [3.8, 4) is 0 Å². The monoisotopic (exact) mass is 314 g/mol. The summed E-state index contributed by atoms with van der Waals surface area (Å²) in [5.41, 5.74) is 0.840. The number of aromatic amines is 1. The van der Waals surface area contributed by atoms with Gasteiger partial charge in [0.25, 0.3) is 6.01 Å². The number of allylic oxidation sites excluding steroid dienone is 1. The molecule has 0 atom stereocenters. The van der Waals surface area contributed by atoms with Gasteiger partial charge in [-0.25, -0.2) is 4.98 Å². The Morgan fingerprint density at radius 3 is 2.87 bits per heavy atom. The number of nitrogens with one attached hydrogen (secondary N) is 1. The van der Waals surface area contributed by atoms with E-state index in [0.717, 1.165) is 17.7 Å². The van der Waals surface area contributed by atoms with Gasteiger partial charge in [0.05, 0.1) is 5.56 Å². The second-order valence-electron chi connectivity index (χ2n) is 4.64. The first-order valence-electron chi connectivity index (χ1n) is 6.61. The van der Waals surface area contributed by atoms with Gasteiger partial charge in [-0.05, 0) is 17.7 Å². The zero-order valence-electron chi connectivity index (χ0n) is 11.7. The highest BCUT2D eigenvalue weighted by Gasteiger charge is 2.18. The summed E-state index contributed by atoms with van der Waals surface area (Å²) in [6.45, 7) is 0. The third kappa shape index (κ3) is 3.31. The molecule has 3 aromatic heterocycles. The number of furan rings is 1. The molecule has 7 nitrogen and oxygen atoms in total. The highest BCUT2D eigenvalue weighted by atomic mass is 19.1. The Balaban J connectivity index is 1.88. The first kappa shape index (κ1) is 14.6. The van der Waals surface area contributed by atoms with Gasteiger partial charge in [0, 0.05) is 31.0 Å². The van der Waals surface area contributed by atoms with Gasteiger partial charge < -0.3 is 9.52 Å². The normalized spacial score (nSPS) is 11.6. The Labute approximate surface area is 129 Å². The average Bonchev–Trinajstić information content (AvgIpc) is 3.18. The van der Waals surface area contributed by atoms with Crippen LogP contribution in [0.4, 0.5) is 4.39 Å². The maximum Gasteiger partial charge on any atom is 0.278 e. The van der Waals surface area contributed by atoms with Crippen LogP contribution in [0.25, 0.3) is 5.76 Å². The van der Waals surface area contributed by atoms with Gasteiger partial charge in [0.15, 0.2) is 11.5 Å². The van der Waals surface area contributed by atoms with Crippen LogP contribution >= 0.6 is 0 Å². The fourth-order valence-electron chi connectivity index (χ4n) is 2.02. The molecule has 0 unspecified atom stereocenters. The number of ketones is 1. The van der Waals surface area contributed by atoms with Crippen LogP contribution in [0.15, 0.2) is 47.4 Å². The molecule has 3 aromatic rings. The molecule has 0 aliphatic heterocycles. The van der Waals surface area contributed by atoms with Crippen molar-refractivity contribution in [2.24, 2.45) is 0 Å². The average molecular weight is 314 g/mol. The molecule has 23 heavy (non-hydrogen) atoms. The SMILES string of the molecule is O=C(C=C(O)c1nc[nH]n1)c1cc(F)oc1Cc1ccncc1. The second-order valence-corrected chi connectivity index (χ2v) is 4.64. The lowest BCUT2D eigenvalue weighted by atomic mass is 10.1. The summed E-state index contributed by atoms with van der Waals surface area (Å²) in [5, 5.41) is 15.9. The summed E-state index contributed by atoms with van der Waals surface area (Å²) in [5.74, 6) is -0.896. The van der Waals surface area contributed by atoms with Crippen LogP contribution in [0, 0.1) is 6.01 Å². The summed E-state index contributed by atoms with van der Waals surface area (Å²) in [6, 6.07) is 3.58. The molecule has 0 aromatic carbocycles. The number of carbonyl (C=O) groups excluding carboxylic acids is 1. The quantitative estimate of drug-likeness (QED) is 0.425. The number of pyridine rings is 1. The molecule has 3 heterocycles. The summed E-state index contributed by atoms with van der Waals surface area (Å²) in [4.78, 5) is 19.8. The maximum atomic E-state index is 13.4. The van der Waals surface area contributed by atoms with Gasteiger partial charge in [0.2, 0.25) is 5.82 Å². The molecule has 0 fully saturated rings. The predicted molar refractivity (Wildman–Crippen MR) is 77.0 cm³/mol. The number of halogens is 1. The fraction of sp³-hybridized carbons (Fsp3) is 0.0667. The van der Waals surface area contributed by atoms with E-state index >= 15 is 0 Å². The molecule has 0 bridgehead atoms. The first-order chi connectivity index (χ1) is 11.1. The zero-order chi connectivity index (χ0) is 16.2. The van der Waals surface area contributed by atoms with E-state index in [9.17, 15) is 14.3 Å². The molecule has 0 radical (unpaired) electrons. The minimum Gasteiger partial charge on any atom is -0.504 e. The summed E-state index contributed by atoms with van der Waals surface area (Å²) in [6.07, 6.45) is 5.58. The fourth-order valence-corrected chi connectivity index (χ4v) is 2.02. The molecular formula is C15H11FN4O3. The van der Waals surface area contributed by atoms with Crippen molar-refractivity contribution in [2.45, 2.75) is 6.42 Å². The number of hydrogen-bond donors (Lipinski definition) is 2. The van der Waals surface area contributed by atoms with E-state index in [1.807, 2.05) is 0 Å². The Morgan fingerprint density at radius 1 is 1.39 bits per heavy atom. The number of hydrogen-bond acceptors (Lipinski definition) is 6. The first-order valence-corrected chi connectivity index (χ1v) is 6.61. The van der Waals surface area contributed by atoms with Gasteiger partial charge in [-0.1, -0.05) is 0 Å². The van der Waals surface area contributed by atoms with Gasteiger partial charge in [-0.3, -0.25) is 14.9 Å². The van der Waals surface area contributed by atoms with Crippen LogP contribution < -0.4 is 0 Å². The molecule has 0 saturated carbocycles. The number of aromatic nitrogens is 4. The summed E-state index contributed by atoms with van der Waals surface area (Å²) >= 11 is 0. The van der Waals surface area contributed by atoms with Crippen molar-refractivity contribution < 1.29 is 18.7 Å². The van der Waals surface area contributed by atoms with Crippen molar-refractivity contribution in [2.75, 3.05) is 0 Å². The lowest BCUT2D eigenvalue weighted by molar-refractivity contribution is 0.104. The van der Waals surface area contributed by atoms with Crippen LogP contribution in [0.5, 0.6) is 0 Å². The standard InChI is InChI=1S/C15H11FN4O3/c16-14-6-10(11(21)7-12(22)15-18-8-19-20-15)13(23-14)5-9-1-3-17-4-2-9/h1-4,6-8,22H,5H2,(H,18,19,20). The smallest absolute Gasteiger partial charge is 0.278 e. The molecule has 0 saturated heterocycles. The highest BCUT2D eigenvalue weighted by Crippen LogP contribution is 2.20. The second kappa shape index (κ2) is 6.22. The number of carbonyl (C=O) groups is 1. The Kier molecular flexibility index (Phi) is 3.96. The molecule has 2 N–H and O–H groups in total. The van der Waals surface area contributed by atoms with Crippen molar-refractivity contribution in [1.82, 2.24) is 20.2 Å². The summed E-state index contributed by atoms with van der Waals surface area (Å²) in [7, 11) is 0. The van der Waals surface area contributed by atoms with Gasteiger partial charge >= 0.3 is 0 Å². The van der Waals surface area contributed by atoms with Crippen LogP contribution in [-0.4, -0.2) is 31.1 Å². The Bertz CT molecular complexity index is 841. The van der Waals surface area contributed by atoms with E-state index in [-0.39, 0.29) is 23.6 Å². The van der Waals surface area contributed by atoms with Crippen LogP contribution in [0.2, 0.25) is 0 Å². The molecule has 0 amide bonds. The maximum absolute atomic E-state index is 13.4. The molecule has 0 spiro atoms. The van der Waals surface area contributed by atoms with E-state index in [1.54, 1.807) is 24.5 Å². The van der Waals surface area contributed by atoms with Gasteiger partial charge in [-0.15, -0.1) is 0 Å². The predicted octanol–water partition coefficient (Wildman–Crippen LogP) is 2.30. The summed E-state index contributed by atoms with van der Waals surface area (Å²) < 4.78 is 18.4. The Morgan fingerprint density at radius 2 is 2.17 bits per heavy atom. The van der Waals surface area contributed by atoms with Gasteiger partial charge in [0.1, 0.15) is 12.1 Å². The van der Waals surface area contributed by atoms with Crippen molar-refractivity contribution in [3.05, 3.63) is 71.7 Å². The van der Waals surface area contributed by atoms with Crippen molar-refractivity contribution in [3.63, 3.8) is 0 Å². The zero-order valence-corrected chi connectivity index (χ0v) is 11.7. The van der Waals surface area contributed by atoms with E-state index in [1.165, 1.54) is 6.33 Å². The minimum absolute atomic E-state index is 0.0291. The Hall–Kier alpha value is -3.29. The van der Waals surface area contributed by atoms with E-state index in [0.29, 0.717) is 0 Å². The lowest BCUT2D eigenvalue weighted by Gasteiger charge is -2.00. The van der Waals surface area contributed by atoms with E-state index in [4.69, 9.17) is 4.42 Å². The highest BCUT2D eigenvalue weighted by molar-refractivity contribution is 6.08. The molecule has 116 valence electrons.